The number of benzene rings is 3. The third-order valence-electron chi connectivity index (χ3n) is 10.5. The van der Waals surface area contributed by atoms with Crippen molar-refractivity contribution < 1.29 is 9.53 Å². The number of nitrogens with zero attached hydrogens (tertiary/aromatic N) is 4. The topological polar surface area (TPSA) is 51.3 Å². The Bertz CT molecular complexity index is 1560. The highest BCUT2D eigenvalue weighted by Crippen LogP contribution is 2.49. The van der Waals surface area contributed by atoms with Crippen LogP contribution in [0.1, 0.15) is 55.1 Å². The normalized spacial score (nSPS) is 23.8. The van der Waals surface area contributed by atoms with Crippen LogP contribution in [0.15, 0.2) is 60.7 Å². The molecule has 48 heavy (non-hydrogen) atoms. The number of fused-ring (bicyclic) bond motifs is 5. The van der Waals surface area contributed by atoms with Gasteiger partial charge in [0.1, 0.15) is 11.5 Å². The Hall–Kier alpha value is -2.68. The molecule has 2 saturated heterocycles. The lowest BCUT2D eigenvalue weighted by Gasteiger charge is -2.37. The molecule has 0 aromatic heterocycles. The molecule has 3 aromatic carbocycles. The molecule has 7 rings (SSSR count). The number of likely N-dealkylation sites (tertiary alicyclic amines) is 1. The summed E-state index contributed by atoms with van der Waals surface area (Å²) in [5, 5.41) is 5.19. The highest BCUT2D eigenvalue weighted by Gasteiger charge is 2.38. The van der Waals surface area contributed by atoms with Crippen molar-refractivity contribution in [3.05, 3.63) is 86.9 Å². The lowest BCUT2D eigenvalue weighted by atomic mass is 9.84. The molecule has 258 valence electrons. The molecule has 3 fully saturated rings. The highest BCUT2D eigenvalue weighted by atomic mass is 35.5. The first-order valence-corrected chi connectivity index (χ1v) is 18.4. The minimum absolute atomic E-state index is 0.0288. The van der Waals surface area contributed by atoms with Crippen LogP contribution in [0.4, 0.5) is 10.5 Å². The molecule has 4 aliphatic rings. The zero-order chi connectivity index (χ0) is 33.8. The van der Waals surface area contributed by atoms with E-state index < -0.39 is 0 Å². The van der Waals surface area contributed by atoms with Gasteiger partial charge in [-0.3, -0.25) is 4.90 Å². The molecule has 0 spiro atoms. The molecule has 0 bridgehead atoms. The molecular weight excluding hydrogens is 665 g/mol. The summed E-state index contributed by atoms with van der Waals surface area (Å²) in [5.41, 5.74) is 3.60. The second-order valence-corrected chi connectivity index (χ2v) is 15.2. The number of carbonyl (C=O) groups is 1. The third-order valence-corrected chi connectivity index (χ3v) is 11.5. The fourth-order valence-electron chi connectivity index (χ4n) is 7.74. The lowest BCUT2D eigenvalue weighted by Crippen LogP contribution is -2.47. The number of anilines is 1. The molecule has 2 amide bonds. The van der Waals surface area contributed by atoms with Crippen LogP contribution in [0, 0.1) is 5.92 Å². The summed E-state index contributed by atoms with van der Waals surface area (Å²) in [6, 6.07) is 20.6. The fourth-order valence-corrected chi connectivity index (χ4v) is 8.34. The number of rotatable bonds is 5. The van der Waals surface area contributed by atoms with Gasteiger partial charge in [0, 0.05) is 81.8 Å². The molecular formula is C38H48Cl3N5O2. The number of hydrogen-bond donors (Lipinski definition) is 1. The number of likely N-dealkylation sites (N-methyl/N-ethyl adjacent to an activating group) is 1. The van der Waals surface area contributed by atoms with Crippen molar-refractivity contribution in [1.82, 2.24) is 20.0 Å². The fraction of sp³-hybridized carbons (Fsp3) is 0.500. The Kier molecular flexibility index (Phi) is 11.6. The molecule has 10 heteroatoms. The van der Waals surface area contributed by atoms with Crippen LogP contribution in [0.3, 0.4) is 0 Å². The molecule has 7 nitrogen and oxygen atoms in total. The van der Waals surface area contributed by atoms with E-state index in [4.69, 9.17) is 39.5 Å². The predicted octanol–water partition coefficient (Wildman–Crippen LogP) is 8.59. The minimum atomic E-state index is 0.0288. The van der Waals surface area contributed by atoms with Crippen molar-refractivity contribution in [2.75, 3.05) is 71.9 Å². The molecule has 3 aromatic rings. The highest BCUT2D eigenvalue weighted by molar-refractivity contribution is 6.43. The first-order valence-electron chi connectivity index (χ1n) is 17.3. The molecule has 1 aliphatic carbocycles. The zero-order valence-electron chi connectivity index (χ0n) is 28.3. The van der Waals surface area contributed by atoms with E-state index in [1.54, 1.807) is 19.0 Å². The second-order valence-electron chi connectivity index (χ2n) is 14.0. The van der Waals surface area contributed by atoms with Crippen molar-refractivity contribution in [2.45, 2.75) is 50.0 Å². The average molecular weight is 713 g/mol. The first kappa shape index (κ1) is 35.2. The molecule has 1 N–H and O–H groups in total. The molecule has 2 atom stereocenters. The Morgan fingerprint density at radius 1 is 0.854 bits per heavy atom. The van der Waals surface area contributed by atoms with E-state index >= 15 is 0 Å². The number of carbonyl (C=O) groups excluding carboxylic acids is 1. The number of piperazine rings is 1. The summed E-state index contributed by atoms with van der Waals surface area (Å²) >= 11 is 18.7. The minimum Gasteiger partial charge on any atom is -0.457 e. The van der Waals surface area contributed by atoms with E-state index in [2.05, 4.69) is 57.4 Å². The Labute approximate surface area is 301 Å². The van der Waals surface area contributed by atoms with E-state index in [1.807, 2.05) is 30.3 Å². The summed E-state index contributed by atoms with van der Waals surface area (Å²) in [7, 11) is 5.77. The Morgan fingerprint density at radius 3 is 2.27 bits per heavy atom. The van der Waals surface area contributed by atoms with Crippen LogP contribution < -0.4 is 15.0 Å². The molecule has 3 heterocycles. The average Bonchev–Trinajstić information content (AvgIpc) is 3.43. The Balaban J connectivity index is 0.000000176. The van der Waals surface area contributed by atoms with Gasteiger partial charge in [0.2, 0.25) is 0 Å². The monoisotopic (exact) mass is 711 g/mol. The maximum absolute atomic E-state index is 11.8. The molecule has 3 aliphatic heterocycles. The SMILES string of the molecule is CN(C)C(=O)NC1CCC(CCN2CCN(c3cccc(Cl)c3Cl)CC2)CC1.CN1C[C@H]2c3ccccc3Oc3ccc(Cl)cc3[C@@H]2C1. The van der Waals surface area contributed by atoms with Gasteiger partial charge in [-0.2, -0.15) is 0 Å². The van der Waals surface area contributed by atoms with Gasteiger partial charge in [0.15, 0.2) is 0 Å². The van der Waals surface area contributed by atoms with Gasteiger partial charge in [-0.25, -0.2) is 4.79 Å². The van der Waals surface area contributed by atoms with Gasteiger partial charge < -0.3 is 24.8 Å². The molecule has 0 radical (unpaired) electrons. The number of urea groups is 1. The third kappa shape index (κ3) is 8.36. The molecule has 0 unspecified atom stereocenters. The van der Waals surface area contributed by atoms with Crippen molar-refractivity contribution in [2.24, 2.45) is 5.92 Å². The van der Waals surface area contributed by atoms with E-state index in [1.165, 1.54) is 30.4 Å². The van der Waals surface area contributed by atoms with Gasteiger partial charge in [-0.1, -0.05) is 59.1 Å². The van der Waals surface area contributed by atoms with Gasteiger partial charge in [0.25, 0.3) is 0 Å². The van der Waals surface area contributed by atoms with Gasteiger partial charge in [0.05, 0.1) is 15.7 Å². The van der Waals surface area contributed by atoms with Gasteiger partial charge in [-0.15, -0.1) is 0 Å². The second kappa shape index (κ2) is 15.9. The summed E-state index contributed by atoms with van der Waals surface area (Å²) in [6.45, 7) is 7.39. The first-order chi connectivity index (χ1) is 23.2. The van der Waals surface area contributed by atoms with E-state index in [-0.39, 0.29) is 6.03 Å². The van der Waals surface area contributed by atoms with Crippen LogP contribution in [-0.4, -0.2) is 93.7 Å². The van der Waals surface area contributed by atoms with Crippen LogP contribution in [0.2, 0.25) is 15.1 Å². The van der Waals surface area contributed by atoms with Gasteiger partial charge in [-0.05, 0) is 93.6 Å². The standard InChI is InChI=1S/C21H32Cl2N4O.C17H16ClNO/c1-25(2)21(28)24-17-8-6-16(7-9-17)10-11-26-12-14-27(15-13-26)19-5-3-4-18(22)20(19)23;1-19-9-14-12-4-2-3-5-16(12)20-17-7-6-11(18)8-13(17)15(14)10-19/h3-5,16-17H,6-15H2,1-2H3,(H,24,28);2-8,14-15H,9-10H2,1H3/t;14-,15-/m.0/s1. The summed E-state index contributed by atoms with van der Waals surface area (Å²) < 4.78 is 6.15. The van der Waals surface area contributed by atoms with Crippen LogP contribution >= 0.6 is 34.8 Å². The van der Waals surface area contributed by atoms with Crippen LogP contribution in [-0.2, 0) is 0 Å². The Morgan fingerprint density at radius 2 is 1.54 bits per heavy atom. The maximum atomic E-state index is 11.8. The van der Waals surface area contributed by atoms with Crippen molar-refractivity contribution in [3.8, 4) is 11.5 Å². The molecule has 1 saturated carbocycles. The largest absolute Gasteiger partial charge is 0.457 e. The lowest BCUT2D eigenvalue weighted by molar-refractivity contribution is 0.194. The maximum Gasteiger partial charge on any atom is 0.317 e. The number of amides is 2. The smallest absolute Gasteiger partial charge is 0.317 e. The van der Waals surface area contributed by atoms with Crippen LogP contribution in [0.25, 0.3) is 0 Å². The number of nitrogens with one attached hydrogen (secondary N) is 1. The predicted molar refractivity (Wildman–Crippen MR) is 199 cm³/mol. The zero-order valence-corrected chi connectivity index (χ0v) is 30.6. The van der Waals surface area contributed by atoms with Crippen molar-refractivity contribution >= 4 is 46.5 Å². The van der Waals surface area contributed by atoms with E-state index in [0.717, 1.165) is 86.8 Å². The number of hydrogen-bond acceptors (Lipinski definition) is 5. The van der Waals surface area contributed by atoms with Crippen LogP contribution in [0.5, 0.6) is 11.5 Å². The summed E-state index contributed by atoms with van der Waals surface area (Å²) in [4.78, 5) is 20.7. The number of halogens is 3. The van der Waals surface area contributed by atoms with Crippen molar-refractivity contribution in [3.63, 3.8) is 0 Å². The van der Waals surface area contributed by atoms with Gasteiger partial charge >= 0.3 is 6.03 Å². The van der Waals surface area contributed by atoms with E-state index in [0.29, 0.717) is 27.9 Å². The number of para-hydroxylation sites is 1. The number of ether oxygens (including phenoxy) is 1. The summed E-state index contributed by atoms with van der Waals surface area (Å²) in [5.74, 6) is 3.66. The van der Waals surface area contributed by atoms with Crippen molar-refractivity contribution in [1.29, 1.82) is 0 Å². The quantitative estimate of drug-likeness (QED) is 0.287. The van der Waals surface area contributed by atoms with E-state index in [9.17, 15) is 4.79 Å². The summed E-state index contributed by atoms with van der Waals surface area (Å²) in [6.07, 6.45) is 5.90.